The van der Waals surface area contributed by atoms with Crippen LogP contribution in [0, 0.1) is 34.5 Å². The number of azide groups is 1. The second-order valence-corrected chi connectivity index (χ2v) is 13.1. The van der Waals surface area contributed by atoms with Crippen LogP contribution in [0.3, 0.4) is 0 Å². The average molecular weight is 512 g/mol. The number of fused-ring (bicyclic) bond motifs is 5. The van der Waals surface area contributed by atoms with Crippen LogP contribution in [0.15, 0.2) is 28.9 Å². The molecule has 0 aromatic heterocycles. The molecule has 6 rings (SSSR count). The number of rotatable bonds is 4. The highest BCUT2D eigenvalue weighted by Crippen LogP contribution is 2.70. The number of hydrogen-bond donors (Lipinski definition) is 1. The maximum Gasteiger partial charge on any atom is 0.331 e. The fourth-order valence-electron chi connectivity index (χ4n) is 9.65. The smallest absolute Gasteiger partial charge is 0.331 e. The maximum atomic E-state index is 12.4. The highest BCUT2D eigenvalue weighted by Gasteiger charge is 2.67. The summed E-state index contributed by atoms with van der Waals surface area (Å²) in [6.07, 6.45) is 14.3. The molecule has 4 aliphatic carbocycles. The number of hydrogen-bond acceptors (Lipinski definition) is 6. The molecule has 37 heavy (non-hydrogen) atoms. The van der Waals surface area contributed by atoms with E-state index in [1.807, 2.05) is 19.1 Å². The monoisotopic (exact) mass is 511 g/mol. The van der Waals surface area contributed by atoms with Gasteiger partial charge in [-0.05, 0) is 111 Å². The average Bonchev–Trinajstić information content (AvgIpc) is 3.41. The Balaban J connectivity index is 1.15. The van der Waals surface area contributed by atoms with Crippen molar-refractivity contribution in [3.8, 4) is 0 Å². The lowest BCUT2D eigenvalue weighted by Gasteiger charge is -2.63. The predicted octanol–water partition coefficient (Wildman–Crippen LogP) is 5.61. The van der Waals surface area contributed by atoms with E-state index in [0.717, 1.165) is 63.4 Å². The Labute approximate surface area is 219 Å². The standard InChI is InChI=1S/C29H41N3O5/c1-17-24(31-32-30)6-7-26(36-17)37-20-8-11-27(2)19(15-20)4-5-23-22(27)9-12-28(3)21(10-13-29(23,28)34)18-14-25(33)35-16-18/h6-7,14,17,19-24,26,34H,4-5,8-13,15-16H2,1-3H3/t17?,19-,20-,21+,22?,23?,24+,26-,27?,28?,29-/m0/s1. The van der Waals surface area contributed by atoms with E-state index in [1.165, 1.54) is 0 Å². The summed E-state index contributed by atoms with van der Waals surface area (Å²) in [5, 5.41) is 16.2. The van der Waals surface area contributed by atoms with E-state index >= 15 is 0 Å². The first-order chi connectivity index (χ1) is 17.7. The molecule has 11 atom stereocenters. The first-order valence-corrected chi connectivity index (χ1v) is 14.3. The molecule has 0 amide bonds. The predicted molar refractivity (Wildman–Crippen MR) is 137 cm³/mol. The van der Waals surface area contributed by atoms with E-state index < -0.39 is 11.9 Å². The van der Waals surface area contributed by atoms with Crippen LogP contribution in [0.5, 0.6) is 0 Å². The van der Waals surface area contributed by atoms with Gasteiger partial charge in [-0.1, -0.05) is 25.0 Å². The van der Waals surface area contributed by atoms with Crippen LogP contribution >= 0.6 is 0 Å². The molecule has 0 spiro atoms. The van der Waals surface area contributed by atoms with Crippen molar-refractivity contribution in [3.63, 3.8) is 0 Å². The zero-order chi connectivity index (χ0) is 26.0. The van der Waals surface area contributed by atoms with Gasteiger partial charge in [-0.15, -0.1) is 0 Å². The second kappa shape index (κ2) is 9.11. The molecule has 8 heteroatoms. The van der Waals surface area contributed by atoms with Gasteiger partial charge >= 0.3 is 5.97 Å². The summed E-state index contributed by atoms with van der Waals surface area (Å²) in [5.41, 5.74) is 9.18. The van der Waals surface area contributed by atoms with Crippen molar-refractivity contribution in [3.05, 3.63) is 34.2 Å². The lowest BCUT2D eigenvalue weighted by Crippen LogP contribution is -2.62. The van der Waals surface area contributed by atoms with Gasteiger partial charge in [0.1, 0.15) is 6.61 Å². The van der Waals surface area contributed by atoms with Crippen molar-refractivity contribution in [1.29, 1.82) is 0 Å². The van der Waals surface area contributed by atoms with Crippen molar-refractivity contribution in [2.75, 3.05) is 6.61 Å². The van der Waals surface area contributed by atoms with Crippen LogP contribution in [0.1, 0.15) is 78.6 Å². The summed E-state index contributed by atoms with van der Waals surface area (Å²) < 4.78 is 17.7. The molecule has 0 saturated heterocycles. The molecule has 0 radical (unpaired) electrons. The third kappa shape index (κ3) is 3.90. The van der Waals surface area contributed by atoms with Gasteiger partial charge in [0.2, 0.25) is 0 Å². The molecule has 0 aromatic carbocycles. The number of cyclic esters (lactones) is 1. The van der Waals surface area contributed by atoms with Gasteiger partial charge in [0.15, 0.2) is 6.29 Å². The van der Waals surface area contributed by atoms with Crippen LogP contribution in [0.25, 0.3) is 10.4 Å². The van der Waals surface area contributed by atoms with Crippen LogP contribution in [-0.2, 0) is 19.0 Å². The van der Waals surface area contributed by atoms with E-state index in [0.29, 0.717) is 24.4 Å². The summed E-state index contributed by atoms with van der Waals surface area (Å²) in [6.45, 7) is 7.09. The zero-order valence-corrected chi connectivity index (χ0v) is 22.3. The Hall–Kier alpha value is -1.86. The van der Waals surface area contributed by atoms with Crippen molar-refractivity contribution in [2.45, 2.75) is 109 Å². The molecule has 6 aliphatic rings. The van der Waals surface area contributed by atoms with Crippen LogP contribution in [0.4, 0.5) is 0 Å². The lowest BCUT2D eigenvalue weighted by molar-refractivity contribution is -0.223. The van der Waals surface area contributed by atoms with Gasteiger partial charge in [0, 0.05) is 16.4 Å². The van der Waals surface area contributed by atoms with Crippen molar-refractivity contribution in [1.82, 2.24) is 0 Å². The largest absolute Gasteiger partial charge is 0.458 e. The zero-order valence-electron chi connectivity index (χ0n) is 22.3. The van der Waals surface area contributed by atoms with Gasteiger partial charge in [-0.3, -0.25) is 0 Å². The molecule has 0 bridgehead atoms. The van der Waals surface area contributed by atoms with Gasteiger partial charge in [-0.25, -0.2) is 4.79 Å². The number of aliphatic hydroxyl groups is 1. The lowest BCUT2D eigenvalue weighted by atomic mass is 9.43. The molecule has 2 aliphatic heterocycles. The number of esters is 1. The van der Waals surface area contributed by atoms with Crippen molar-refractivity contribution in [2.24, 2.45) is 39.6 Å². The van der Waals surface area contributed by atoms with Crippen molar-refractivity contribution < 1.29 is 24.1 Å². The summed E-state index contributed by atoms with van der Waals surface area (Å²) >= 11 is 0. The summed E-state index contributed by atoms with van der Waals surface area (Å²) in [5.74, 6) is 1.44. The summed E-state index contributed by atoms with van der Waals surface area (Å²) in [4.78, 5) is 14.7. The first-order valence-electron chi connectivity index (χ1n) is 14.3. The highest BCUT2D eigenvalue weighted by atomic mass is 16.7. The number of carbonyl (C=O) groups excluding carboxylic acids is 1. The van der Waals surface area contributed by atoms with Crippen LogP contribution < -0.4 is 0 Å². The molecule has 5 unspecified atom stereocenters. The fourth-order valence-corrected chi connectivity index (χ4v) is 9.65. The molecule has 8 nitrogen and oxygen atoms in total. The minimum Gasteiger partial charge on any atom is -0.458 e. The topological polar surface area (TPSA) is 114 Å². The Morgan fingerprint density at radius 1 is 1.11 bits per heavy atom. The van der Waals surface area contributed by atoms with Gasteiger partial charge < -0.3 is 19.3 Å². The van der Waals surface area contributed by atoms with Crippen molar-refractivity contribution >= 4 is 5.97 Å². The maximum absolute atomic E-state index is 12.4. The molecule has 202 valence electrons. The number of carbonyl (C=O) groups is 1. The first kappa shape index (κ1) is 25.4. The normalized spacial score (nSPS) is 50.8. The Morgan fingerprint density at radius 2 is 1.95 bits per heavy atom. The third-order valence-electron chi connectivity index (χ3n) is 11.7. The fraction of sp³-hybridized carbons (Fsp3) is 0.828. The van der Waals surface area contributed by atoms with Crippen LogP contribution in [0.2, 0.25) is 0 Å². The molecule has 4 fully saturated rings. The minimum atomic E-state index is -0.673. The molecular weight excluding hydrogens is 470 g/mol. The Morgan fingerprint density at radius 3 is 2.68 bits per heavy atom. The van der Waals surface area contributed by atoms with Crippen LogP contribution in [-0.4, -0.2) is 47.8 Å². The highest BCUT2D eigenvalue weighted by molar-refractivity contribution is 5.85. The number of ether oxygens (including phenoxy) is 3. The molecule has 0 aromatic rings. The van der Waals surface area contributed by atoms with Gasteiger partial charge in [0.05, 0.1) is 23.9 Å². The summed E-state index contributed by atoms with van der Waals surface area (Å²) in [7, 11) is 0. The second-order valence-electron chi connectivity index (χ2n) is 13.1. The molecule has 1 N–H and O–H groups in total. The molecule has 4 saturated carbocycles. The SMILES string of the molecule is CC1O[C@@H](O[C@H]2CCC3(C)C4CCC5(C)[C@@H](C6=CC(=O)OC6)CC[C@]5(O)C4CC[C@H]3C2)C=C[C@H]1N=[N+]=[N-]. The van der Waals surface area contributed by atoms with E-state index in [9.17, 15) is 9.90 Å². The minimum absolute atomic E-state index is 0.159. The quantitative estimate of drug-likeness (QED) is 0.173. The van der Waals surface area contributed by atoms with E-state index in [2.05, 4.69) is 23.9 Å². The molecular formula is C29H41N3O5. The van der Waals surface area contributed by atoms with E-state index in [-0.39, 0.29) is 41.0 Å². The number of nitrogens with zero attached hydrogens (tertiary/aromatic N) is 3. The van der Waals surface area contributed by atoms with E-state index in [1.54, 1.807) is 6.08 Å². The van der Waals surface area contributed by atoms with Gasteiger partial charge in [-0.2, -0.15) is 0 Å². The third-order valence-corrected chi connectivity index (χ3v) is 11.7. The summed E-state index contributed by atoms with van der Waals surface area (Å²) in [6, 6.07) is -0.286. The van der Waals surface area contributed by atoms with E-state index in [4.69, 9.17) is 19.7 Å². The molecule has 2 heterocycles. The Kier molecular flexibility index (Phi) is 6.26. The Bertz CT molecular complexity index is 1050. The van der Waals surface area contributed by atoms with Gasteiger partial charge in [0.25, 0.3) is 0 Å².